The number of ether oxygens (including phenoxy) is 1. The molecule has 3 fully saturated rings. The molecule has 0 amide bonds. The normalized spacial score (nSPS) is 56.7. The Morgan fingerprint density at radius 1 is 1.19 bits per heavy atom. The Labute approximate surface area is 123 Å². The molecule has 2 saturated carbocycles. The average Bonchev–Trinajstić information content (AvgIpc) is 2.48. The quantitative estimate of drug-likeness (QED) is 0.534. The molecule has 2 aliphatic carbocycles. The Bertz CT molecular complexity index is 528. The molecular weight excluding hydrogens is 276 g/mol. The molecule has 0 spiro atoms. The summed E-state index contributed by atoms with van der Waals surface area (Å²) in [5.41, 5.74) is -5.76. The molecule has 21 heavy (non-hydrogen) atoms. The fourth-order valence-electron chi connectivity index (χ4n) is 4.99. The maximum Gasteiger partial charge on any atom is 0.306 e. The highest BCUT2D eigenvalue weighted by Gasteiger charge is 2.80. The van der Waals surface area contributed by atoms with Crippen molar-refractivity contribution in [3.05, 3.63) is 0 Å². The third kappa shape index (κ3) is 1.39. The van der Waals surface area contributed by atoms with Gasteiger partial charge in [0.2, 0.25) is 0 Å². The first-order chi connectivity index (χ1) is 9.52. The predicted molar refractivity (Wildman–Crippen MR) is 71.1 cm³/mol. The second-order valence-electron chi connectivity index (χ2n) is 7.46. The fraction of sp³-hybridized carbons (Fsp3) is 0.867. The van der Waals surface area contributed by atoms with E-state index in [0.29, 0.717) is 0 Å². The summed E-state index contributed by atoms with van der Waals surface area (Å²) in [6.07, 6.45) is -1.66. The summed E-state index contributed by atoms with van der Waals surface area (Å²) < 4.78 is 5.20. The van der Waals surface area contributed by atoms with E-state index in [-0.39, 0.29) is 31.7 Å². The van der Waals surface area contributed by atoms with Crippen LogP contribution in [0.3, 0.4) is 0 Å². The van der Waals surface area contributed by atoms with Crippen LogP contribution in [0.5, 0.6) is 0 Å². The highest BCUT2D eigenvalue weighted by Crippen LogP contribution is 2.68. The summed E-state index contributed by atoms with van der Waals surface area (Å²) in [5, 5.41) is 32.8. The third-order valence-corrected chi connectivity index (χ3v) is 6.60. The fourth-order valence-corrected chi connectivity index (χ4v) is 4.99. The van der Waals surface area contributed by atoms with Crippen molar-refractivity contribution >= 4 is 11.8 Å². The number of aliphatic hydroxyl groups excluding tert-OH is 1. The van der Waals surface area contributed by atoms with E-state index in [1.165, 1.54) is 6.92 Å². The van der Waals surface area contributed by atoms with Crippen LogP contribution < -0.4 is 0 Å². The standard InChI is InChI=1S/C15H22O6/c1-8-9(16)4-14-6-11(18)21-7-12(8,2)15(14,20)10(17)5-13(14,3)19/h8,10,17,19-20H,4-7H2,1-3H3/t8-,10+,12-,13+,14-,15+/m1/s1. The Morgan fingerprint density at radius 2 is 1.81 bits per heavy atom. The van der Waals surface area contributed by atoms with Crippen LogP contribution >= 0.6 is 0 Å². The van der Waals surface area contributed by atoms with Gasteiger partial charge in [-0.15, -0.1) is 0 Å². The number of esters is 1. The van der Waals surface area contributed by atoms with Crippen LogP contribution in [-0.2, 0) is 14.3 Å². The second kappa shape index (κ2) is 3.86. The van der Waals surface area contributed by atoms with E-state index < -0.39 is 40.0 Å². The lowest BCUT2D eigenvalue weighted by Crippen LogP contribution is -2.71. The zero-order valence-corrected chi connectivity index (χ0v) is 12.5. The lowest BCUT2D eigenvalue weighted by atomic mass is 9.46. The minimum Gasteiger partial charge on any atom is -0.465 e. The predicted octanol–water partition coefficient (Wildman–Crippen LogP) is -0.218. The molecule has 3 rings (SSSR count). The molecule has 6 heteroatoms. The van der Waals surface area contributed by atoms with Gasteiger partial charge in [0.25, 0.3) is 0 Å². The molecule has 1 heterocycles. The van der Waals surface area contributed by atoms with Crippen LogP contribution in [0.15, 0.2) is 0 Å². The zero-order chi connectivity index (χ0) is 15.8. The first-order valence-corrected chi connectivity index (χ1v) is 7.33. The van der Waals surface area contributed by atoms with E-state index in [4.69, 9.17) is 4.74 Å². The van der Waals surface area contributed by atoms with Crippen LogP contribution in [0, 0.1) is 16.7 Å². The molecule has 1 aliphatic heterocycles. The van der Waals surface area contributed by atoms with Gasteiger partial charge in [-0.1, -0.05) is 13.8 Å². The molecule has 0 aromatic heterocycles. The zero-order valence-electron chi connectivity index (χ0n) is 12.5. The van der Waals surface area contributed by atoms with Gasteiger partial charge in [-0.25, -0.2) is 0 Å². The molecule has 1 saturated heterocycles. The minimum atomic E-state index is -1.73. The molecule has 6 atom stereocenters. The maximum absolute atomic E-state index is 12.5. The first kappa shape index (κ1) is 14.9. The smallest absolute Gasteiger partial charge is 0.306 e. The monoisotopic (exact) mass is 298 g/mol. The lowest BCUT2D eigenvalue weighted by molar-refractivity contribution is -0.250. The SMILES string of the molecule is C[C@@H]1C(=O)C[C@]23CC(=O)OC[C@@]1(C)[C@@]2(O)[C@@H](O)C[C@]3(C)O. The summed E-state index contributed by atoms with van der Waals surface area (Å²) in [5.74, 6) is -1.23. The van der Waals surface area contributed by atoms with Crippen molar-refractivity contribution in [1.29, 1.82) is 0 Å². The summed E-state index contributed by atoms with van der Waals surface area (Å²) in [4.78, 5) is 24.5. The van der Waals surface area contributed by atoms with Crippen LogP contribution in [0.1, 0.15) is 40.0 Å². The van der Waals surface area contributed by atoms with E-state index in [9.17, 15) is 24.9 Å². The molecule has 3 aliphatic rings. The van der Waals surface area contributed by atoms with Crippen molar-refractivity contribution in [2.75, 3.05) is 6.61 Å². The number of aliphatic hydroxyl groups is 3. The maximum atomic E-state index is 12.5. The van der Waals surface area contributed by atoms with Crippen molar-refractivity contribution in [1.82, 2.24) is 0 Å². The van der Waals surface area contributed by atoms with E-state index in [0.717, 1.165) is 0 Å². The van der Waals surface area contributed by atoms with Crippen LogP contribution in [0.25, 0.3) is 0 Å². The van der Waals surface area contributed by atoms with Crippen molar-refractivity contribution in [3.8, 4) is 0 Å². The number of cyclic esters (lactones) is 1. The highest BCUT2D eigenvalue weighted by molar-refractivity contribution is 5.86. The van der Waals surface area contributed by atoms with Gasteiger partial charge in [-0.2, -0.15) is 0 Å². The Hall–Kier alpha value is -0.980. The number of hydrogen-bond donors (Lipinski definition) is 3. The second-order valence-corrected chi connectivity index (χ2v) is 7.46. The Morgan fingerprint density at radius 3 is 2.43 bits per heavy atom. The molecule has 2 bridgehead atoms. The molecule has 0 unspecified atom stereocenters. The largest absolute Gasteiger partial charge is 0.465 e. The molecule has 6 nitrogen and oxygen atoms in total. The molecular formula is C15H22O6. The highest BCUT2D eigenvalue weighted by atomic mass is 16.5. The first-order valence-electron chi connectivity index (χ1n) is 7.33. The summed E-state index contributed by atoms with van der Waals surface area (Å²) >= 11 is 0. The van der Waals surface area contributed by atoms with Gasteiger partial charge in [-0.05, 0) is 6.92 Å². The van der Waals surface area contributed by atoms with Crippen molar-refractivity contribution in [2.45, 2.75) is 57.3 Å². The summed E-state index contributed by atoms with van der Waals surface area (Å²) in [6.45, 7) is 4.69. The van der Waals surface area contributed by atoms with E-state index in [1.54, 1.807) is 13.8 Å². The Balaban J connectivity index is 2.32. The molecule has 118 valence electrons. The van der Waals surface area contributed by atoms with Gasteiger partial charge in [0.05, 0.1) is 18.1 Å². The number of hydrogen-bond acceptors (Lipinski definition) is 6. The number of carbonyl (C=O) groups excluding carboxylic acids is 2. The molecule has 0 radical (unpaired) electrons. The number of carbonyl (C=O) groups is 2. The van der Waals surface area contributed by atoms with Crippen LogP contribution in [0.2, 0.25) is 0 Å². The number of rotatable bonds is 0. The number of Topliss-reactive ketones (excluding diaryl/α,β-unsaturated/α-hetero) is 1. The Kier molecular flexibility index (Phi) is 2.74. The van der Waals surface area contributed by atoms with Gasteiger partial charge < -0.3 is 20.1 Å². The van der Waals surface area contributed by atoms with Gasteiger partial charge in [0.15, 0.2) is 0 Å². The lowest BCUT2D eigenvalue weighted by Gasteiger charge is -2.59. The summed E-state index contributed by atoms with van der Waals surface area (Å²) in [7, 11) is 0. The van der Waals surface area contributed by atoms with E-state index >= 15 is 0 Å². The molecule has 3 N–H and O–H groups in total. The summed E-state index contributed by atoms with van der Waals surface area (Å²) in [6, 6.07) is 0. The van der Waals surface area contributed by atoms with Crippen molar-refractivity contribution in [2.24, 2.45) is 16.7 Å². The van der Waals surface area contributed by atoms with Gasteiger partial charge in [-0.3, -0.25) is 9.59 Å². The third-order valence-electron chi connectivity index (χ3n) is 6.60. The van der Waals surface area contributed by atoms with Crippen molar-refractivity contribution < 1.29 is 29.6 Å². The number of ketones is 1. The van der Waals surface area contributed by atoms with Gasteiger partial charge >= 0.3 is 5.97 Å². The molecule has 0 aromatic carbocycles. The van der Waals surface area contributed by atoms with E-state index in [1.807, 2.05) is 0 Å². The van der Waals surface area contributed by atoms with Crippen LogP contribution in [0.4, 0.5) is 0 Å². The topological polar surface area (TPSA) is 104 Å². The molecule has 0 aromatic rings. The van der Waals surface area contributed by atoms with Crippen LogP contribution in [-0.4, -0.2) is 51.0 Å². The minimum absolute atomic E-state index is 0.0631. The van der Waals surface area contributed by atoms with E-state index in [2.05, 4.69) is 0 Å². The van der Waals surface area contributed by atoms with Gasteiger partial charge in [0, 0.05) is 29.6 Å². The average molecular weight is 298 g/mol. The van der Waals surface area contributed by atoms with Gasteiger partial charge in [0.1, 0.15) is 18.0 Å². The van der Waals surface area contributed by atoms with Crippen molar-refractivity contribution in [3.63, 3.8) is 0 Å².